The fourth-order valence-electron chi connectivity index (χ4n) is 4.52. The quantitative estimate of drug-likeness (QED) is 0.186. The number of H-pyrrole nitrogens is 1. The topological polar surface area (TPSA) is 137 Å². The minimum absolute atomic E-state index is 0.0206. The van der Waals surface area contributed by atoms with Crippen LogP contribution in [0.2, 0.25) is 5.15 Å². The Hall–Kier alpha value is -4.77. The first-order valence-electron chi connectivity index (χ1n) is 13.0. The first-order valence-corrected chi connectivity index (χ1v) is 13.4. The molecule has 5 rings (SSSR count). The molecule has 0 aliphatic heterocycles. The van der Waals surface area contributed by atoms with Crippen LogP contribution in [0.4, 0.5) is 5.82 Å². The number of carbonyl (C=O) groups excluding carboxylic acids is 1. The van der Waals surface area contributed by atoms with E-state index in [2.05, 4.69) is 25.3 Å². The smallest absolute Gasteiger partial charge is 0.333 e. The van der Waals surface area contributed by atoms with Gasteiger partial charge in [-0.3, -0.25) is 18.7 Å². The van der Waals surface area contributed by atoms with Gasteiger partial charge in [-0.15, -0.1) is 0 Å². The molecule has 0 saturated heterocycles. The molecule has 0 bridgehead atoms. The second-order valence-corrected chi connectivity index (χ2v) is 9.81. The highest BCUT2D eigenvalue weighted by molar-refractivity contribution is 6.29. The summed E-state index contributed by atoms with van der Waals surface area (Å²) in [7, 11) is 1.59. The number of nitrogens with zero attached hydrogens (tertiary/aromatic N) is 5. The van der Waals surface area contributed by atoms with Crippen molar-refractivity contribution in [1.29, 1.82) is 0 Å². The Morgan fingerprint density at radius 3 is 2.49 bits per heavy atom. The minimum Gasteiger partial charge on any atom is -0.497 e. The van der Waals surface area contributed by atoms with Gasteiger partial charge in [-0.1, -0.05) is 30.7 Å². The van der Waals surface area contributed by atoms with Crippen molar-refractivity contribution in [2.24, 2.45) is 0 Å². The number of benzene rings is 1. The maximum Gasteiger partial charge on any atom is 0.333 e. The van der Waals surface area contributed by atoms with Gasteiger partial charge >= 0.3 is 5.69 Å². The molecular formula is C29H28ClN7O4. The number of pyridine rings is 2. The Bertz CT molecular complexity index is 1810. The summed E-state index contributed by atoms with van der Waals surface area (Å²) in [6, 6.07) is 13.7. The Morgan fingerprint density at radius 1 is 1.07 bits per heavy atom. The van der Waals surface area contributed by atoms with Gasteiger partial charge < -0.3 is 15.0 Å². The van der Waals surface area contributed by atoms with E-state index < -0.39 is 17.3 Å². The third-order valence-corrected chi connectivity index (χ3v) is 6.98. The van der Waals surface area contributed by atoms with Crippen LogP contribution in [0, 0.1) is 0 Å². The van der Waals surface area contributed by atoms with Crippen LogP contribution in [0.25, 0.3) is 22.6 Å². The van der Waals surface area contributed by atoms with Crippen LogP contribution < -0.4 is 21.3 Å². The van der Waals surface area contributed by atoms with Crippen LogP contribution in [-0.4, -0.2) is 48.5 Å². The Labute approximate surface area is 239 Å². The molecule has 5 aromatic rings. The third-order valence-electron chi connectivity index (χ3n) is 6.76. The minimum atomic E-state index is -0.427. The van der Waals surface area contributed by atoms with E-state index in [9.17, 15) is 14.4 Å². The number of fused-ring (bicyclic) bond motifs is 1. The maximum atomic E-state index is 13.6. The van der Waals surface area contributed by atoms with E-state index in [0.717, 1.165) is 5.56 Å². The molecule has 12 heteroatoms. The van der Waals surface area contributed by atoms with Gasteiger partial charge in [-0.05, 0) is 55.3 Å². The van der Waals surface area contributed by atoms with Crippen LogP contribution in [-0.2, 0) is 6.54 Å². The molecule has 11 nitrogen and oxygen atoms in total. The number of ether oxygens (including phenoxy) is 1. The van der Waals surface area contributed by atoms with Crippen molar-refractivity contribution >= 4 is 34.4 Å². The van der Waals surface area contributed by atoms with Gasteiger partial charge in [-0.2, -0.15) is 0 Å². The summed E-state index contributed by atoms with van der Waals surface area (Å²) in [6.45, 7) is 4.10. The highest BCUT2D eigenvalue weighted by atomic mass is 35.5. The van der Waals surface area contributed by atoms with E-state index in [4.69, 9.17) is 16.3 Å². The van der Waals surface area contributed by atoms with Gasteiger partial charge in [0.15, 0.2) is 11.4 Å². The first kappa shape index (κ1) is 27.8. The summed E-state index contributed by atoms with van der Waals surface area (Å²) in [5, 5.41) is 3.31. The van der Waals surface area contributed by atoms with Crippen molar-refractivity contribution in [3.05, 3.63) is 98.0 Å². The maximum absolute atomic E-state index is 13.6. The molecule has 41 heavy (non-hydrogen) atoms. The van der Waals surface area contributed by atoms with Crippen LogP contribution in [0.3, 0.4) is 0 Å². The summed E-state index contributed by atoms with van der Waals surface area (Å²) in [5.41, 5.74) is 1.55. The molecule has 210 valence electrons. The summed E-state index contributed by atoms with van der Waals surface area (Å²) >= 11 is 5.79. The molecule has 0 aliphatic carbocycles. The fourth-order valence-corrected chi connectivity index (χ4v) is 4.63. The molecule has 2 N–H and O–H groups in total. The lowest BCUT2D eigenvalue weighted by Crippen LogP contribution is -2.41. The Kier molecular flexibility index (Phi) is 7.97. The van der Waals surface area contributed by atoms with E-state index >= 15 is 0 Å². The van der Waals surface area contributed by atoms with E-state index in [0.29, 0.717) is 40.1 Å². The fraction of sp³-hybridized carbons (Fsp3) is 0.241. The number of carbonyl (C=O) groups is 1. The lowest BCUT2D eigenvalue weighted by molar-refractivity contribution is 0.101. The highest BCUT2D eigenvalue weighted by Crippen LogP contribution is 2.24. The number of aromatic nitrogens is 6. The molecule has 1 aromatic carbocycles. The van der Waals surface area contributed by atoms with E-state index in [-0.39, 0.29) is 30.0 Å². The number of methoxy groups -OCH3 is 1. The average molecular weight is 574 g/mol. The zero-order chi connectivity index (χ0) is 29.1. The van der Waals surface area contributed by atoms with Crippen LogP contribution in [0.15, 0.2) is 70.5 Å². The van der Waals surface area contributed by atoms with E-state index in [1.165, 1.54) is 15.3 Å². The van der Waals surface area contributed by atoms with Gasteiger partial charge in [0.25, 0.3) is 5.56 Å². The van der Waals surface area contributed by atoms with Crippen LogP contribution >= 0.6 is 11.6 Å². The molecule has 0 amide bonds. The van der Waals surface area contributed by atoms with Gasteiger partial charge in [0.1, 0.15) is 28.1 Å². The monoisotopic (exact) mass is 573 g/mol. The van der Waals surface area contributed by atoms with Gasteiger partial charge in [0.2, 0.25) is 0 Å². The molecule has 0 radical (unpaired) electrons. The molecule has 0 spiro atoms. The molecule has 1 unspecified atom stereocenters. The zero-order valence-corrected chi connectivity index (χ0v) is 23.5. The number of anilines is 1. The number of Topliss-reactive ketones (excluding diaryl/α,β-unsaturated/α-hetero) is 1. The first-order chi connectivity index (χ1) is 19.8. The molecule has 1 atom stereocenters. The lowest BCUT2D eigenvalue weighted by atomic mass is 10.1. The predicted molar refractivity (Wildman–Crippen MR) is 157 cm³/mol. The molecule has 4 aromatic heterocycles. The lowest BCUT2D eigenvalue weighted by Gasteiger charge is -2.18. The van der Waals surface area contributed by atoms with E-state index in [1.807, 2.05) is 38.1 Å². The van der Waals surface area contributed by atoms with Gasteiger partial charge in [-0.25, -0.2) is 19.7 Å². The molecular weight excluding hydrogens is 546 g/mol. The summed E-state index contributed by atoms with van der Waals surface area (Å²) < 4.78 is 8.04. The zero-order valence-electron chi connectivity index (χ0n) is 22.7. The summed E-state index contributed by atoms with van der Waals surface area (Å²) in [6.07, 6.45) is 3.62. The number of hydrogen-bond donors (Lipinski definition) is 2. The van der Waals surface area contributed by atoms with Crippen molar-refractivity contribution in [2.45, 2.75) is 32.9 Å². The number of hydrogen-bond acceptors (Lipinski definition) is 8. The van der Waals surface area contributed by atoms with Crippen molar-refractivity contribution < 1.29 is 9.53 Å². The number of imidazole rings is 1. The molecule has 0 saturated carbocycles. The predicted octanol–water partition coefficient (Wildman–Crippen LogP) is 4.32. The number of aromatic amines is 1. The normalized spacial score (nSPS) is 11.9. The number of nitrogens with one attached hydrogen (secondary N) is 2. The van der Waals surface area contributed by atoms with Gasteiger partial charge in [0.05, 0.1) is 19.7 Å². The number of rotatable bonds is 10. The van der Waals surface area contributed by atoms with Gasteiger partial charge in [0, 0.05) is 30.1 Å². The number of halogens is 1. The van der Waals surface area contributed by atoms with Crippen LogP contribution in [0.1, 0.15) is 42.2 Å². The number of ketones is 1. The van der Waals surface area contributed by atoms with Crippen molar-refractivity contribution in [3.8, 4) is 17.1 Å². The third kappa shape index (κ3) is 5.62. The Balaban J connectivity index is 1.47. The highest BCUT2D eigenvalue weighted by Gasteiger charge is 2.22. The average Bonchev–Trinajstić information content (AvgIpc) is 3.44. The SMILES string of the molecule is CCCn1c(=O)c2[nH]c(-c3ccc(NCC(=O)c4ccc(Cl)nc4)nc3)nc2n(C(C)c2ccc(OC)cc2)c1=O. The standard InChI is InChI=1S/C29H28ClN7O4/c1-4-13-36-28(39)25-27(37(29(36)40)17(2)18-5-9-21(41-3)10-6-18)35-26(34-25)20-8-12-24(32-15-20)33-16-22(38)19-7-11-23(30)31-14-19/h5-12,14-15,17H,4,13,16H2,1-3H3,(H,32,33)(H,34,35). The molecule has 0 aliphatic rings. The second-order valence-electron chi connectivity index (χ2n) is 9.42. The van der Waals surface area contributed by atoms with Crippen LogP contribution in [0.5, 0.6) is 5.75 Å². The molecule has 4 heterocycles. The Morgan fingerprint density at radius 2 is 1.85 bits per heavy atom. The largest absolute Gasteiger partial charge is 0.497 e. The molecule has 0 fully saturated rings. The van der Waals surface area contributed by atoms with Crippen molar-refractivity contribution in [3.63, 3.8) is 0 Å². The van der Waals surface area contributed by atoms with Crippen molar-refractivity contribution in [1.82, 2.24) is 29.1 Å². The summed E-state index contributed by atoms with van der Waals surface area (Å²) in [5.74, 6) is 1.41. The van der Waals surface area contributed by atoms with E-state index in [1.54, 1.807) is 37.6 Å². The van der Waals surface area contributed by atoms with Crippen molar-refractivity contribution in [2.75, 3.05) is 19.0 Å². The summed E-state index contributed by atoms with van der Waals surface area (Å²) in [4.78, 5) is 55.4. The second kappa shape index (κ2) is 11.8.